The molecule has 1 aliphatic rings. The van der Waals surface area contributed by atoms with Gasteiger partial charge in [0.25, 0.3) is 0 Å². The minimum atomic E-state index is -0.243. The zero-order valence-corrected chi connectivity index (χ0v) is 7.32. The summed E-state index contributed by atoms with van der Waals surface area (Å²) >= 11 is 0. The van der Waals surface area contributed by atoms with Crippen LogP contribution in [0.25, 0.3) is 0 Å². The molecule has 1 aliphatic heterocycles. The Kier molecular flexibility index (Phi) is 3.43. The van der Waals surface area contributed by atoms with Gasteiger partial charge in [-0.1, -0.05) is 0 Å². The Morgan fingerprint density at radius 1 is 1.58 bits per heavy atom. The maximum absolute atomic E-state index is 10.2. The van der Waals surface area contributed by atoms with Crippen LogP contribution in [0.2, 0.25) is 0 Å². The minimum Gasteiger partial charge on any atom is -0.314 e. The van der Waals surface area contributed by atoms with Gasteiger partial charge >= 0.3 is 0 Å². The van der Waals surface area contributed by atoms with Crippen LogP contribution in [0, 0.1) is 10.1 Å². The molecule has 5 nitrogen and oxygen atoms in total. The van der Waals surface area contributed by atoms with E-state index in [0.29, 0.717) is 0 Å². The van der Waals surface area contributed by atoms with Crippen molar-refractivity contribution in [2.75, 3.05) is 32.7 Å². The maximum Gasteiger partial charge on any atom is 0.218 e. The fourth-order valence-electron chi connectivity index (χ4n) is 1.45. The fraction of sp³-hybridized carbons (Fsp3) is 1.00. The van der Waals surface area contributed by atoms with Crippen LogP contribution >= 0.6 is 0 Å². The van der Waals surface area contributed by atoms with Gasteiger partial charge in [0.05, 0.1) is 6.04 Å². The third kappa shape index (κ3) is 2.75. The van der Waals surface area contributed by atoms with Crippen molar-refractivity contribution in [2.24, 2.45) is 0 Å². The van der Waals surface area contributed by atoms with E-state index in [1.54, 1.807) is 0 Å². The van der Waals surface area contributed by atoms with Gasteiger partial charge in [-0.05, 0) is 6.92 Å². The van der Waals surface area contributed by atoms with E-state index >= 15 is 0 Å². The molecule has 0 aromatic rings. The van der Waals surface area contributed by atoms with Gasteiger partial charge in [0.1, 0.15) is 0 Å². The van der Waals surface area contributed by atoms with E-state index in [4.69, 9.17) is 0 Å². The molecule has 1 saturated heterocycles. The Morgan fingerprint density at radius 3 is 2.67 bits per heavy atom. The Hall–Kier alpha value is -0.680. The zero-order valence-electron chi connectivity index (χ0n) is 7.32. The molecular weight excluding hydrogens is 158 g/mol. The van der Waals surface area contributed by atoms with Crippen molar-refractivity contribution in [3.63, 3.8) is 0 Å². The van der Waals surface area contributed by atoms with Crippen LogP contribution in [0.4, 0.5) is 0 Å². The molecule has 70 valence electrons. The Balaban J connectivity index is 2.29. The highest BCUT2D eigenvalue weighted by Crippen LogP contribution is 2.00. The summed E-state index contributed by atoms with van der Waals surface area (Å²) in [5.74, 6) is 0. The van der Waals surface area contributed by atoms with Crippen molar-refractivity contribution in [2.45, 2.75) is 13.0 Å². The first-order valence-corrected chi connectivity index (χ1v) is 4.26. The topological polar surface area (TPSA) is 58.4 Å². The van der Waals surface area contributed by atoms with Crippen LogP contribution in [-0.4, -0.2) is 48.6 Å². The van der Waals surface area contributed by atoms with Gasteiger partial charge in [-0.25, -0.2) is 0 Å². The molecule has 1 rings (SSSR count). The van der Waals surface area contributed by atoms with Crippen molar-refractivity contribution in [3.05, 3.63) is 10.1 Å². The van der Waals surface area contributed by atoms with Gasteiger partial charge in [-0.3, -0.25) is 15.0 Å². The van der Waals surface area contributed by atoms with Crippen molar-refractivity contribution < 1.29 is 4.92 Å². The zero-order chi connectivity index (χ0) is 8.97. The van der Waals surface area contributed by atoms with Crippen LogP contribution in [-0.2, 0) is 0 Å². The second-order valence-corrected chi connectivity index (χ2v) is 3.15. The second kappa shape index (κ2) is 4.37. The third-order valence-corrected chi connectivity index (χ3v) is 2.19. The molecule has 0 spiro atoms. The Bertz CT molecular complexity index is 157. The summed E-state index contributed by atoms with van der Waals surface area (Å²) in [6, 6.07) is 0.0714. The van der Waals surface area contributed by atoms with Gasteiger partial charge in [0.2, 0.25) is 6.54 Å². The number of nitrogens with one attached hydrogen (secondary N) is 1. The third-order valence-electron chi connectivity index (χ3n) is 2.19. The monoisotopic (exact) mass is 173 g/mol. The summed E-state index contributed by atoms with van der Waals surface area (Å²) in [6.45, 7) is 5.71. The van der Waals surface area contributed by atoms with Crippen molar-refractivity contribution in [1.82, 2.24) is 10.2 Å². The highest BCUT2D eigenvalue weighted by atomic mass is 16.6. The molecule has 0 aliphatic carbocycles. The van der Waals surface area contributed by atoms with E-state index in [1.807, 2.05) is 6.92 Å². The lowest BCUT2D eigenvalue weighted by Gasteiger charge is -2.30. The molecule has 0 amide bonds. The van der Waals surface area contributed by atoms with Crippen molar-refractivity contribution in [1.29, 1.82) is 0 Å². The minimum absolute atomic E-state index is 0.0556. The molecule has 1 fully saturated rings. The number of hydrogen-bond donors (Lipinski definition) is 1. The summed E-state index contributed by atoms with van der Waals surface area (Å²) in [5, 5.41) is 13.4. The fourth-order valence-corrected chi connectivity index (χ4v) is 1.45. The predicted molar refractivity (Wildman–Crippen MR) is 45.8 cm³/mol. The molecule has 0 aromatic carbocycles. The number of piperazine rings is 1. The molecule has 12 heavy (non-hydrogen) atoms. The van der Waals surface area contributed by atoms with Crippen LogP contribution in [0.15, 0.2) is 0 Å². The molecular formula is C7H15N3O2. The molecule has 0 aromatic heterocycles. The second-order valence-electron chi connectivity index (χ2n) is 3.15. The van der Waals surface area contributed by atoms with Crippen LogP contribution < -0.4 is 5.32 Å². The highest BCUT2D eigenvalue weighted by Gasteiger charge is 2.19. The number of rotatable bonds is 3. The number of nitro groups is 1. The maximum atomic E-state index is 10.2. The summed E-state index contributed by atoms with van der Waals surface area (Å²) in [7, 11) is 0. The Labute approximate surface area is 71.9 Å². The largest absolute Gasteiger partial charge is 0.314 e. The lowest BCUT2D eigenvalue weighted by atomic mass is 10.2. The average Bonchev–Trinajstić information content (AvgIpc) is 2.05. The Morgan fingerprint density at radius 2 is 2.17 bits per heavy atom. The van der Waals surface area contributed by atoms with E-state index in [2.05, 4.69) is 10.2 Å². The lowest BCUT2D eigenvalue weighted by Crippen LogP contribution is -2.49. The van der Waals surface area contributed by atoms with E-state index in [1.165, 1.54) is 0 Å². The first-order valence-electron chi connectivity index (χ1n) is 4.26. The summed E-state index contributed by atoms with van der Waals surface area (Å²) in [6.07, 6.45) is 0. The highest BCUT2D eigenvalue weighted by molar-refractivity contribution is 4.72. The van der Waals surface area contributed by atoms with E-state index in [-0.39, 0.29) is 17.5 Å². The quantitative estimate of drug-likeness (QED) is 0.464. The van der Waals surface area contributed by atoms with Crippen molar-refractivity contribution >= 4 is 0 Å². The van der Waals surface area contributed by atoms with E-state index in [9.17, 15) is 10.1 Å². The van der Waals surface area contributed by atoms with Crippen LogP contribution in [0.3, 0.4) is 0 Å². The van der Waals surface area contributed by atoms with E-state index < -0.39 is 0 Å². The van der Waals surface area contributed by atoms with Crippen LogP contribution in [0.1, 0.15) is 6.92 Å². The van der Waals surface area contributed by atoms with Gasteiger partial charge in [-0.15, -0.1) is 0 Å². The molecule has 1 N–H and O–H groups in total. The smallest absolute Gasteiger partial charge is 0.218 e. The van der Waals surface area contributed by atoms with Gasteiger partial charge < -0.3 is 5.32 Å². The first-order chi connectivity index (χ1) is 5.70. The lowest BCUT2D eigenvalue weighted by molar-refractivity contribution is -0.486. The molecule has 0 bridgehead atoms. The average molecular weight is 173 g/mol. The first kappa shape index (κ1) is 9.41. The molecule has 1 unspecified atom stereocenters. The summed E-state index contributed by atoms with van der Waals surface area (Å²) in [5.41, 5.74) is 0. The molecule has 5 heteroatoms. The normalized spacial score (nSPS) is 22.1. The molecule has 0 saturated carbocycles. The van der Waals surface area contributed by atoms with Gasteiger partial charge in [-0.2, -0.15) is 0 Å². The number of hydrogen-bond acceptors (Lipinski definition) is 4. The molecule has 1 atom stereocenters. The van der Waals surface area contributed by atoms with Crippen molar-refractivity contribution in [3.8, 4) is 0 Å². The summed E-state index contributed by atoms with van der Waals surface area (Å²) in [4.78, 5) is 12.1. The van der Waals surface area contributed by atoms with E-state index in [0.717, 1.165) is 26.2 Å². The predicted octanol–water partition coefficient (Wildman–Crippen LogP) is -0.443. The van der Waals surface area contributed by atoms with Gasteiger partial charge in [0, 0.05) is 31.1 Å². The molecule has 1 heterocycles. The van der Waals surface area contributed by atoms with Crippen LogP contribution in [0.5, 0.6) is 0 Å². The number of nitrogens with zero attached hydrogens (tertiary/aromatic N) is 2. The molecule has 0 radical (unpaired) electrons. The van der Waals surface area contributed by atoms with Gasteiger partial charge in [0.15, 0.2) is 0 Å². The standard InChI is InChI=1S/C7H15N3O2/c1-7(6-10(11)12)9-4-2-8-3-5-9/h7-8H,2-6H2,1H3. The SMILES string of the molecule is CC(C[N+](=O)[O-])N1CCNCC1. The summed E-state index contributed by atoms with van der Waals surface area (Å²) < 4.78 is 0.